The van der Waals surface area contributed by atoms with E-state index in [4.69, 9.17) is 0 Å². The van der Waals surface area contributed by atoms with Crippen molar-refractivity contribution in [3.8, 4) is 0 Å². The summed E-state index contributed by atoms with van der Waals surface area (Å²) in [6.07, 6.45) is 5.94. The molecule has 3 aliphatic heterocycles. The molecular weight excluding hydrogens is 392 g/mol. The molecule has 3 aliphatic rings. The van der Waals surface area contributed by atoms with Crippen molar-refractivity contribution >= 4 is 17.8 Å². The Kier molecular flexibility index (Phi) is 4.68. The number of hydrogen-bond acceptors (Lipinski definition) is 6. The zero-order chi connectivity index (χ0) is 21.6. The van der Waals surface area contributed by atoms with Crippen molar-refractivity contribution in [1.82, 2.24) is 24.8 Å². The Morgan fingerprint density at radius 2 is 1.74 bits per heavy atom. The Morgan fingerprint density at radius 1 is 1.00 bits per heavy atom. The van der Waals surface area contributed by atoms with Gasteiger partial charge in [-0.25, -0.2) is 15.0 Å². The van der Waals surface area contributed by atoms with Gasteiger partial charge in [-0.1, -0.05) is 6.07 Å². The summed E-state index contributed by atoms with van der Waals surface area (Å²) in [5.74, 6) is 0.887. The highest BCUT2D eigenvalue weighted by Gasteiger charge is 2.65. The number of rotatable bonds is 2. The SMILES string of the molecule is Cc1cccc(C(=O)N2CCC3(CC2)CN(c2ncccn2)C[C@@]32CCN(C)C2=O)n1. The van der Waals surface area contributed by atoms with Crippen molar-refractivity contribution < 1.29 is 9.59 Å². The van der Waals surface area contributed by atoms with Gasteiger partial charge in [0.15, 0.2) is 0 Å². The Bertz CT molecular complexity index is 1000. The van der Waals surface area contributed by atoms with Crippen LogP contribution in [0, 0.1) is 17.8 Å². The van der Waals surface area contributed by atoms with Gasteiger partial charge in [-0.15, -0.1) is 0 Å². The van der Waals surface area contributed by atoms with E-state index in [-0.39, 0.29) is 17.2 Å². The van der Waals surface area contributed by atoms with Crippen molar-refractivity contribution in [2.45, 2.75) is 26.2 Å². The molecule has 0 aromatic carbocycles. The van der Waals surface area contributed by atoms with Gasteiger partial charge in [-0.3, -0.25) is 9.59 Å². The van der Waals surface area contributed by atoms with Gasteiger partial charge < -0.3 is 14.7 Å². The smallest absolute Gasteiger partial charge is 0.272 e. The van der Waals surface area contributed by atoms with Gasteiger partial charge in [0.25, 0.3) is 5.91 Å². The summed E-state index contributed by atoms with van der Waals surface area (Å²) in [6, 6.07) is 7.36. The number of amides is 2. The van der Waals surface area contributed by atoms with Gasteiger partial charge in [0.1, 0.15) is 5.69 Å². The van der Waals surface area contributed by atoms with E-state index in [0.717, 1.165) is 38.0 Å². The third kappa shape index (κ3) is 3.07. The summed E-state index contributed by atoms with van der Waals surface area (Å²) < 4.78 is 0. The van der Waals surface area contributed by atoms with E-state index in [1.165, 1.54) is 0 Å². The lowest BCUT2D eigenvalue weighted by molar-refractivity contribution is -0.140. The van der Waals surface area contributed by atoms with Crippen molar-refractivity contribution in [2.24, 2.45) is 10.8 Å². The van der Waals surface area contributed by atoms with Gasteiger partial charge in [-0.05, 0) is 44.4 Å². The number of aromatic nitrogens is 3. The van der Waals surface area contributed by atoms with Crippen LogP contribution in [0.15, 0.2) is 36.7 Å². The zero-order valence-corrected chi connectivity index (χ0v) is 18.1. The molecule has 2 amide bonds. The molecule has 5 heterocycles. The van der Waals surface area contributed by atoms with E-state index in [1.807, 2.05) is 42.0 Å². The van der Waals surface area contributed by atoms with E-state index in [0.29, 0.717) is 31.3 Å². The van der Waals surface area contributed by atoms with Crippen LogP contribution >= 0.6 is 0 Å². The summed E-state index contributed by atoms with van der Waals surface area (Å²) in [7, 11) is 1.90. The molecular formula is C23H28N6O2. The number of anilines is 1. The van der Waals surface area contributed by atoms with E-state index >= 15 is 0 Å². The standard InChI is InChI=1S/C23H28N6O2/c1-17-5-3-6-18(26-17)19(30)28-13-7-22(8-14-28)15-29(21-24-10-4-11-25-21)16-23(22)9-12-27(2)20(23)31/h3-6,10-11H,7-9,12-16H2,1-2H3/t23-/m1/s1. The van der Waals surface area contributed by atoms with E-state index < -0.39 is 5.41 Å². The van der Waals surface area contributed by atoms with Crippen LogP contribution in [-0.4, -0.2) is 76.3 Å². The third-order valence-corrected chi connectivity index (χ3v) is 7.55. The van der Waals surface area contributed by atoms with E-state index in [1.54, 1.807) is 18.5 Å². The minimum absolute atomic E-state index is 0.0243. The lowest BCUT2D eigenvalue weighted by atomic mass is 9.60. The lowest BCUT2D eigenvalue weighted by Gasteiger charge is -2.46. The minimum atomic E-state index is -0.433. The first kappa shape index (κ1) is 19.9. The highest BCUT2D eigenvalue weighted by Crippen LogP contribution is 2.58. The molecule has 162 valence electrons. The number of carbonyl (C=O) groups is 2. The maximum absolute atomic E-state index is 13.4. The number of aryl methyl sites for hydroxylation is 1. The van der Waals surface area contributed by atoms with E-state index in [2.05, 4.69) is 19.9 Å². The fraction of sp³-hybridized carbons (Fsp3) is 0.522. The average molecular weight is 421 g/mol. The van der Waals surface area contributed by atoms with Crippen LogP contribution in [0.25, 0.3) is 0 Å². The second-order valence-corrected chi connectivity index (χ2v) is 9.20. The molecule has 3 fully saturated rings. The Hall–Kier alpha value is -3.03. The Morgan fingerprint density at radius 3 is 2.39 bits per heavy atom. The predicted molar refractivity (Wildman–Crippen MR) is 115 cm³/mol. The molecule has 31 heavy (non-hydrogen) atoms. The quantitative estimate of drug-likeness (QED) is 0.737. The summed E-state index contributed by atoms with van der Waals surface area (Å²) in [5.41, 5.74) is 0.725. The van der Waals surface area contributed by atoms with Crippen LogP contribution in [0.3, 0.4) is 0 Å². The monoisotopic (exact) mass is 420 g/mol. The van der Waals surface area contributed by atoms with Gasteiger partial charge in [0.05, 0.1) is 5.41 Å². The first-order chi connectivity index (χ1) is 14.9. The molecule has 8 nitrogen and oxygen atoms in total. The molecule has 0 N–H and O–H groups in total. The number of likely N-dealkylation sites (tertiary alicyclic amines) is 2. The summed E-state index contributed by atoms with van der Waals surface area (Å²) in [4.78, 5) is 45.7. The summed E-state index contributed by atoms with van der Waals surface area (Å²) in [5, 5.41) is 0. The fourth-order valence-electron chi connectivity index (χ4n) is 5.83. The van der Waals surface area contributed by atoms with Crippen LogP contribution in [0.5, 0.6) is 0 Å². The molecule has 0 aliphatic carbocycles. The second-order valence-electron chi connectivity index (χ2n) is 9.20. The highest BCUT2D eigenvalue weighted by atomic mass is 16.2. The van der Waals surface area contributed by atoms with Crippen LogP contribution < -0.4 is 4.90 Å². The van der Waals surface area contributed by atoms with Gasteiger partial charge in [0.2, 0.25) is 11.9 Å². The van der Waals surface area contributed by atoms with Crippen molar-refractivity contribution in [3.63, 3.8) is 0 Å². The molecule has 0 saturated carbocycles. The van der Waals surface area contributed by atoms with Crippen LogP contribution in [0.2, 0.25) is 0 Å². The summed E-state index contributed by atoms with van der Waals surface area (Å²) in [6.45, 7) is 5.34. The molecule has 2 aromatic heterocycles. The van der Waals surface area contributed by atoms with Gasteiger partial charge in [-0.2, -0.15) is 0 Å². The molecule has 8 heteroatoms. The minimum Gasteiger partial charge on any atom is -0.345 e. The topological polar surface area (TPSA) is 82.5 Å². The third-order valence-electron chi connectivity index (χ3n) is 7.55. The maximum Gasteiger partial charge on any atom is 0.272 e. The fourth-order valence-corrected chi connectivity index (χ4v) is 5.83. The molecule has 2 aromatic rings. The molecule has 2 spiro atoms. The molecule has 3 saturated heterocycles. The van der Waals surface area contributed by atoms with Gasteiger partial charge >= 0.3 is 0 Å². The number of piperidine rings is 1. The number of pyridine rings is 1. The number of fused-ring (bicyclic) bond motifs is 1. The van der Waals surface area contributed by atoms with Crippen LogP contribution in [0.4, 0.5) is 5.95 Å². The first-order valence-electron chi connectivity index (χ1n) is 10.9. The molecule has 0 bridgehead atoms. The average Bonchev–Trinajstić information content (AvgIpc) is 3.27. The van der Waals surface area contributed by atoms with E-state index in [9.17, 15) is 9.59 Å². The first-order valence-corrected chi connectivity index (χ1v) is 10.9. The highest BCUT2D eigenvalue weighted by molar-refractivity contribution is 5.92. The molecule has 1 atom stereocenters. The van der Waals surface area contributed by atoms with Gasteiger partial charge in [0, 0.05) is 63.3 Å². The number of hydrogen-bond donors (Lipinski definition) is 0. The molecule has 0 radical (unpaired) electrons. The van der Waals surface area contributed by atoms with Crippen LogP contribution in [0.1, 0.15) is 35.4 Å². The Balaban J connectivity index is 1.41. The summed E-state index contributed by atoms with van der Waals surface area (Å²) >= 11 is 0. The number of carbonyl (C=O) groups excluding carboxylic acids is 2. The van der Waals surface area contributed by atoms with Crippen molar-refractivity contribution in [3.05, 3.63) is 48.0 Å². The second kappa shape index (κ2) is 7.28. The lowest BCUT2D eigenvalue weighted by Crippen LogP contribution is -2.53. The molecule has 5 rings (SSSR count). The normalized spacial score (nSPS) is 25.1. The predicted octanol–water partition coefficient (Wildman–Crippen LogP) is 1.77. The molecule has 0 unspecified atom stereocenters. The Labute approximate surface area is 182 Å². The number of nitrogens with zero attached hydrogens (tertiary/aromatic N) is 6. The largest absolute Gasteiger partial charge is 0.345 e. The van der Waals surface area contributed by atoms with Crippen molar-refractivity contribution in [2.75, 3.05) is 44.7 Å². The van der Waals surface area contributed by atoms with Crippen LogP contribution in [-0.2, 0) is 4.79 Å². The zero-order valence-electron chi connectivity index (χ0n) is 18.1. The maximum atomic E-state index is 13.4. The van der Waals surface area contributed by atoms with Crippen molar-refractivity contribution in [1.29, 1.82) is 0 Å².